The molecule has 0 spiro atoms. The van der Waals surface area contributed by atoms with E-state index in [9.17, 15) is 8.42 Å². The summed E-state index contributed by atoms with van der Waals surface area (Å²) < 4.78 is 22.0. The Morgan fingerprint density at radius 3 is 2.53 bits per heavy atom. The van der Waals surface area contributed by atoms with Gasteiger partial charge in [0.05, 0.1) is 5.75 Å². The van der Waals surface area contributed by atoms with Gasteiger partial charge in [-0.05, 0) is 24.1 Å². The highest BCUT2D eigenvalue weighted by Gasteiger charge is 2.12. The SMILES string of the molecule is CS(=O)(=O)CCC(NN)c1ccncc1. The van der Waals surface area contributed by atoms with Crippen LogP contribution < -0.4 is 11.3 Å². The minimum atomic E-state index is -2.95. The number of hydrogen-bond acceptors (Lipinski definition) is 5. The van der Waals surface area contributed by atoms with Gasteiger partial charge in [-0.1, -0.05) is 0 Å². The average molecular weight is 229 g/mol. The average Bonchev–Trinajstić information content (AvgIpc) is 2.19. The van der Waals surface area contributed by atoms with E-state index in [1.54, 1.807) is 12.4 Å². The monoisotopic (exact) mass is 229 g/mol. The maximum absolute atomic E-state index is 11.0. The minimum Gasteiger partial charge on any atom is -0.271 e. The number of nitrogens with one attached hydrogen (secondary N) is 1. The van der Waals surface area contributed by atoms with Crippen LogP contribution in [0.5, 0.6) is 0 Å². The van der Waals surface area contributed by atoms with Crippen molar-refractivity contribution in [2.75, 3.05) is 12.0 Å². The summed E-state index contributed by atoms with van der Waals surface area (Å²) in [5.41, 5.74) is 3.54. The molecule has 15 heavy (non-hydrogen) atoms. The predicted molar refractivity (Wildman–Crippen MR) is 58.6 cm³/mol. The Balaban J connectivity index is 2.66. The van der Waals surface area contributed by atoms with Crippen LogP contribution >= 0.6 is 0 Å². The van der Waals surface area contributed by atoms with Crippen molar-refractivity contribution in [1.29, 1.82) is 0 Å². The molecule has 6 heteroatoms. The van der Waals surface area contributed by atoms with Gasteiger partial charge in [-0.25, -0.2) is 8.42 Å². The predicted octanol–water partition coefficient (Wildman–Crippen LogP) is 0.0207. The van der Waals surface area contributed by atoms with E-state index in [1.807, 2.05) is 12.1 Å². The molecule has 1 aromatic rings. The molecule has 1 rings (SSSR count). The van der Waals surface area contributed by atoms with Crippen molar-refractivity contribution in [3.63, 3.8) is 0 Å². The lowest BCUT2D eigenvalue weighted by atomic mass is 10.1. The van der Waals surface area contributed by atoms with Crippen LogP contribution in [0.2, 0.25) is 0 Å². The van der Waals surface area contributed by atoms with Crippen LogP contribution in [0.15, 0.2) is 24.5 Å². The third-order valence-corrected chi connectivity index (χ3v) is 3.06. The molecule has 84 valence electrons. The first-order valence-corrected chi connectivity index (χ1v) is 6.63. The number of hydrogen-bond donors (Lipinski definition) is 2. The van der Waals surface area contributed by atoms with Gasteiger partial charge in [-0.15, -0.1) is 0 Å². The molecule has 0 bridgehead atoms. The van der Waals surface area contributed by atoms with Gasteiger partial charge < -0.3 is 0 Å². The standard InChI is InChI=1S/C9H15N3O2S/c1-15(13,14)7-4-9(12-10)8-2-5-11-6-3-8/h2-3,5-6,9,12H,4,7,10H2,1H3. The van der Waals surface area contributed by atoms with Crippen LogP contribution in [0.4, 0.5) is 0 Å². The van der Waals surface area contributed by atoms with Crippen LogP contribution in [-0.4, -0.2) is 25.4 Å². The van der Waals surface area contributed by atoms with Gasteiger partial charge in [0.15, 0.2) is 0 Å². The number of aromatic nitrogens is 1. The lowest BCUT2D eigenvalue weighted by Gasteiger charge is -2.15. The Hall–Kier alpha value is -0.980. The van der Waals surface area contributed by atoms with Crippen molar-refractivity contribution in [1.82, 2.24) is 10.4 Å². The van der Waals surface area contributed by atoms with Crippen LogP contribution in [0.1, 0.15) is 18.0 Å². The number of pyridine rings is 1. The Morgan fingerprint density at radius 2 is 2.07 bits per heavy atom. The van der Waals surface area contributed by atoms with Crippen LogP contribution in [-0.2, 0) is 9.84 Å². The van der Waals surface area contributed by atoms with Crippen molar-refractivity contribution in [2.24, 2.45) is 5.84 Å². The lowest BCUT2D eigenvalue weighted by molar-refractivity contribution is 0.531. The number of nitrogens with zero attached hydrogens (tertiary/aromatic N) is 1. The highest BCUT2D eigenvalue weighted by atomic mass is 32.2. The molecule has 1 heterocycles. The molecule has 1 unspecified atom stereocenters. The molecule has 3 N–H and O–H groups in total. The molecular weight excluding hydrogens is 214 g/mol. The molecule has 0 aliphatic heterocycles. The second kappa shape index (κ2) is 5.20. The lowest BCUT2D eigenvalue weighted by Crippen LogP contribution is -2.29. The second-order valence-corrected chi connectivity index (χ2v) is 5.68. The van der Waals surface area contributed by atoms with Gasteiger partial charge in [0, 0.05) is 24.7 Å². The van der Waals surface area contributed by atoms with Crippen molar-refractivity contribution < 1.29 is 8.42 Å². The van der Waals surface area contributed by atoms with E-state index in [0.29, 0.717) is 6.42 Å². The van der Waals surface area contributed by atoms with Crippen molar-refractivity contribution in [3.8, 4) is 0 Å². The molecule has 0 aliphatic carbocycles. The summed E-state index contributed by atoms with van der Waals surface area (Å²) in [5.74, 6) is 5.48. The molecule has 1 aromatic heterocycles. The molecule has 0 radical (unpaired) electrons. The summed E-state index contributed by atoms with van der Waals surface area (Å²) >= 11 is 0. The Kier molecular flexibility index (Phi) is 4.19. The van der Waals surface area contributed by atoms with Gasteiger partial charge in [0.2, 0.25) is 0 Å². The molecule has 0 saturated heterocycles. The van der Waals surface area contributed by atoms with E-state index in [-0.39, 0.29) is 11.8 Å². The smallest absolute Gasteiger partial charge is 0.147 e. The zero-order chi connectivity index (χ0) is 11.3. The van der Waals surface area contributed by atoms with Crippen LogP contribution in [0, 0.1) is 0 Å². The molecule has 0 amide bonds. The highest BCUT2D eigenvalue weighted by molar-refractivity contribution is 7.90. The Morgan fingerprint density at radius 1 is 1.47 bits per heavy atom. The van der Waals surface area contributed by atoms with E-state index in [2.05, 4.69) is 10.4 Å². The number of rotatable bonds is 5. The summed E-state index contributed by atoms with van der Waals surface area (Å²) in [6.07, 6.45) is 4.98. The highest BCUT2D eigenvalue weighted by Crippen LogP contribution is 2.15. The van der Waals surface area contributed by atoms with E-state index in [0.717, 1.165) is 5.56 Å². The normalized spacial score (nSPS) is 13.7. The van der Waals surface area contributed by atoms with Gasteiger partial charge in [0.25, 0.3) is 0 Å². The Labute approximate surface area is 89.6 Å². The van der Waals surface area contributed by atoms with Crippen molar-refractivity contribution in [2.45, 2.75) is 12.5 Å². The van der Waals surface area contributed by atoms with Crippen molar-refractivity contribution in [3.05, 3.63) is 30.1 Å². The van der Waals surface area contributed by atoms with Crippen molar-refractivity contribution >= 4 is 9.84 Å². The summed E-state index contributed by atoms with van der Waals surface area (Å²) in [7, 11) is -2.95. The first kappa shape index (κ1) is 12.1. The fraction of sp³-hybridized carbons (Fsp3) is 0.444. The molecule has 0 saturated carbocycles. The summed E-state index contributed by atoms with van der Waals surface area (Å²) in [6, 6.07) is 3.47. The zero-order valence-electron chi connectivity index (χ0n) is 8.55. The summed E-state index contributed by atoms with van der Waals surface area (Å²) in [4.78, 5) is 3.88. The van der Waals surface area contributed by atoms with E-state index < -0.39 is 9.84 Å². The summed E-state index contributed by atoms with van der Waals surface area (Å²) in [6.45, 7) is 0. The molecule has 5 nitrogen and oxygen atoms in total. The quantitative estimate of drug-likeness (QED) is 0.549. The zero-order valence-corrected chi connectivity index (χ0v) is 9.37. The second-order valence-electron chi connectivity index (χ2n) is 3.42. The number of nitrogens with two attached hydrogens (primary N) is 1. The largest absolute Gasteiger partial charge is 0.271 e. The third-order valence-electron chi connectivity index (χ3n) is 2.09. The maximum atomic E-state index is 11.0. The van der Waals surface area contributed by atoms with Crippen LogP contribution in [0.3, 0.4) is 0 Å². The fourth-order valence-corrected chi connectivity index (χ4v) is 1.94. The molecule has 0 aliphatic rings. The van der Waals surface area contributed by atoms with Crippen LogP contribution in [0.25, 0.3) is 0 Å². The van der Waals surface area contributed by atoms with E-state index in [4.69, 9.17) is 5.84 Å². The molecule has 0 fully saturated rings. The minimum absolute atomic E-state index is 0.115. The molecular formula is C9H15N3O2S. The van der Waals surface area contributed by atoms with Gasteiger partial charge in [-0.3, -0.25) is 16.3 Å². The number of hydrazine groups is 1. The summed E-state index contributed by atoms with van der Waals surface area (Å²) in [5, 5.41) is 0. The van der Waals surface area contributed by atoms with E-state index >= 15 is 0 Å². The fourth-order valence-electron chi connectivity index (χ4n) is 1.27. The van der Waals surface area contributed by atoms with Gasteiger partial charge in [-0.2, -0.15) is 0 Å². The molecule has 1 atom stereocenters. The first-order chi connectivity index (χ1) is 7.03. The van der Waals surface area contributed by atoms with Gasteiger partial charge >= 0.3 is 0 Å². The maximum Gasteiger partial charge on any atom is 0.147 e. The Bertz CT molecular complexity index is 391. The molecule has 0 aromatic carbocycles. The topological polar surface area (TPSA) is 85.1 Å². The van der Waals surface area contributed by atoms with E-state index in [1.165, 1.54) is 6.26 Å². The first-order valence-electron chi connectivity index (χ1n) is 4.56. The number of sulfone groups is 1. The van der Waals surface area contributed by atoms with Gasteiger partial charge in [0.1, 0.15) is 9.84 Å². The third kappa shape index (κ3) is 4.37.